The quantitative estimate of drug-likeness (QED) is 0.683. The monoisotopic (exact) mass is 364 g/mol. The fraction of sp³-hybridized carbons (Fsp3) is 0.455. The Kier molecular flexibility index (Phi) is 4.77. The van der Waals surface area contributed by atoms with Crippen molar-refractivity contribution in [2.45, 2.75) is 52.1 Å². The van der Waals surface area contributed by atoms with Crippen LogP contribution in [0.4, 0.5) is 0 Å². The van der Waals surface area contributed by atoms with Crippen LogP contribution < -0.4 is 0 Å². The smallest absolute Gasteiger partial charge is 0.223 e. The summed E-state index contributed by atoms with van der Waals surface area (Å²) in [7, 11) is 2.06. The number of imidazole rings is 1. The molecular formula is C22H28N4O. The summed E-state index contributed by atoms with van der Waals surface area (Å²) >= 11 is 0. The minimum absolute atomic E-state index is 0.102. The zero-order chi connectivity index (χ0) is 19.0. The Morgan fingerprint density at radius 2 is 1.89 bits per heavy atom. The summed E-state index contributed by atoms with van der Waals surface area (Å²) in [5.74, 6) is 1.27. The van der Waals surface area contributed by atoms with Crippen LogP contribution in [0.5, 0.6) is 0 Å². The van der Waals surface area contributed by atoms with E-state index in [2.05, 4.69) is 53.1 Å². The van der Waals surface area contributed by atoms with Crippen molar-refractivity contribution in [3.63, 3.8) is 0 Å². The van der Waals surface area contributed by atoms with Crippen molar-refractivity contribution in [2.24, 2.45) is 7.05 Å². The maximum atomic E-state index is 12.9. The van der Waals surface area contributed by atoms with E-state index >= 15 is 0 Å². The molecule has 0 unspecified atom stereocenters. The predicted molar refractivity (Wildman–Crippen MR) is 108 cm³/mol. The molecule has 4 rings (SSSR count). The fourth-order valence-corrected chi connectivity index (χ4v) is 4.38. The molecule has 0 aliphatic carbocycles. The summed E-state index contributed by atoms with van der Waals surface area (Å²) in [6, 6.07) is 12.6. The largest absolute Gasteiger partial charge is 0.349 e. The Labute approximate surface area is 160 Å². The van der Waals surface area contributed by atoms with Gasteiger partial charge in [0.25, 0.3) is 0 Å². The van der Waals surface area contributed by atoms with Crippen LogP contribution in [-0.4, -0.2) is 31.5 Å². The summed E-state index contributed by atoms with van der Waals surface area (Å²) in [4.78, 5) is 19.8. The van der Waals surface area contributed by atoms with E-state index in [1.807, 2.05) is 18.2 Å². The van der Waals surface area contributed by atoms with Crippen molar-refractivity contribution in [2.75, 3.05) is 6.54 Å². The van der Waals surface area contributed by atoms with Crippen molar-refractivity contribution >= 4 is 16.9 Å². The molecule has 0 bridgehead atoms. The molecule has 0 radical (unpaired) electrons. The number of aryl methyl sites for hydroxylation is 3. The molecule has 1 fully saturated rings. The summed E-state index contributed by atoms with van der Waals surface area (Å²) in [5.41, 5.74) is 4.66. The van der Waals surface area contributed by atoms with Crippen molar-refractivity contribution < 1.29 is 4.79 Å². The van der Waals surface area contributed by atoms with Gasteiger partial charge < -0.3 is 14.0 Å². The van der Waals surface area contributed by atoms with Crippen LogP contribution in [0.15, 0.2) is 36.4 Å². The normalized spacial score (nSPS) is 17.1. The van der Waals surface area contributed by atoms with Gasteiger partial charge in [0.1, 0.15) is 5.82 Å². The van der Waals surface area contributed by atoms with Crippen LogP contribution in [0, 0.1) is 13.8 Å². The maximum absolute atomic E-state index is 12.9. The number of nitrogens with zero attached hydrogens (tertiary/aromatic N) is 4. The first-order chi connectivity index (χ1) is 13.1. The van der Waals surface area contributed by atoms with E-state index in [1.54, 1.807) is 0 Å². The molecule has 0 saturated carbocycles. The second-order valence-corrected chi connectivity index (χ2v) is 7.63. The Bertz CT molecular complexity index is 949. The lowest BCUT2D eigenvalue weighted by Crippen LogP contribution is -2.31. The number of carbonyl (C=O) groups is 1. The molecule has 2 aromatic heterocycles. The highest BCUT2D eigenvalue weighted by Crippen LogP contribution is 2.33. The van der Waals surface area contributed by atoms with Gasteiger partial charge in [0.15, 0.2) is 0 Å². The number of benzene rings is 1. The van der Waals surface area contributed by atoms with Crippen LogP contribution in [0.25, 0.3) is 11.0 Å². The van der Waals surface area contributed by atoms with E-state index in [9.17, 15) is 4.79 Å². The van der Waals surface area contributed by atoms with Crippen LogP contribution in [0.1, 0.15) is 48.9 Å². The molecule has 1 amide bonds. The number of para-hydroxylation sites is 2. The third-order valence-electron chi connectivity index (χ3n) is 5.88. The van der Waals surface area contributed by atoms with Gasteiger partial charge in [-0.2, -0.15) is 0 Å². The summed E-state index contributed by atoms with van der Waals surface area (Å²) < 4.78 is 4.44. The molecule has 5 heteroatoms. The number of likely N-dealkylation sites (tertiary alicyclic amines) is 1. The van der Waals surface area contributed by atoms with E-state index < -0.39 is 0 Å². The third kappa shape index (κ3) is 3.27. The second kappa shape index (κ2) is 7.22. The first kappa shape index (κ1) is 17.8. The SMILES string of the molecule is Cc1ccc(C)n1CCCC(=O)N1CCC[C@H]1c1nc2ccccc2n1C. The molecular weight excluding hydrogens is 336 g/mol. The molecule has 1 aliphatic rings. The minimum Gasteiger partial charge on any atom is -0.349 e. The third-order valence-corrected chi connectivity index (χ3v) is 5.88. The van der Waals surface area contributed by atoms with Crippen molar-refractivity contribution in [3.05, 3.63) is 53.6 Å². The fourth-order valence-electron chi connectivity index (χ4n) is 4.38. The van der Waals surface area contributed by atoms with Gasteiger partial charge in [0, 0.05) is 37.9 Å². The van der Waals surface area contributed by atoms with Crippen molar-refractivity contribution in [1.82, 2.24) is 19.0 Å². The van der Waals surface area contributed by atoms with Gasteiger partial charge in [0.2, 0.25) is 5.91 Å². The average Bonchev–Trinajstić information content (AvgIpc) is 3.35. The van der Waals surface area contributed by atoms with Gasteiger partial charge in [-0.05, 0) is 57.4 Å². The molecule has 1 atom stereocenters. The van der Waals surface area contributed by atoms with Gasteiger partial charge in [0.05, 0.1) is 17.1 Å². The number of hydrogen-bond acceptors (Lipinski definition) is 2. The van der Waals surface area contributed by atoms with Gasteiger partial charge in [-0.1, -0.05) is 12.1 Å². The van der Waals surface area contributed by atoms with Crippen LogP contribution in [-0.2, 0) is 18.4 Å². The van der Waals surface area contributed by atoms with Gasteiger partial charge in [-0.15, -0.1) is 0 Å². The standard InChI is InChI=1S/C22H28N4O/c1-16-12-13-17(2)25(16)14-7-11-21(27)26-15-6-10-20(26)22-23-18-8-4-5-9-19(18)24(22)3/h4-5,8-9,12-13,20H,6-7,10-11,14-15H2,1-3H3/t20-/m0/s1. The second-order valence-electron chi connectivity index (χ2n) is 7.63. The van der Waals surface area contributed by atoms with E-state index in [-0.39, 0.29) is 11.9 Å². The Hall–Kier alpha value is -2.56. The van der Waals surface area contributed by atoms with E-state index in [0.29, 0.717) is 6.42 Å². The maximum Gasteiger partial charge on any atom is 0.223 e. The lowest BCUT2D eigenvalue weighted by atomic mass is 10.2. The molecule has 3 heterocycles. The number of amides is 1. The molecule has 1 aromatic carbocycles. The number of aromatic nitrogens is 3. The van der Waals surface area contributed by atoms with E-state index in [0.717, 1.165) is 49.2 Å². The van der Waals surface area contributed by atoms with Crippen LogP contribution in [0.2, 0.25) is 0 Å². The van der Waals surface area contributed by atoms with Crippen molar-refractivity contribution in [3.8, 4) is 0 Å². The molecule has 0 N–H and O–H groups in total. The first-order valence-electron chi connectivity index (χ1n) is 9.90. The molecule has 27 heavy (non-hydrogen) atoms. The van der Waals surface area contributed by atoms with E-state index in [4.69, 9.17) is 4.98 Å². The minimum atomic E-state index is 0.102. The van der Waals surface area contributed by atoms with Gasteiger partial charge in [-0.25, -0.2) is 4.98 Å². The summed E-state index contributed by atoms with van der Waals surface area (Å²) in [6.07, 6.45) is 3.52. The van der Waals surface area contributed by atoms with Crippen LogP contribution >= 0.6 is 0 Å². The van der Waals surface area contributed by atoms with E-state index in [1.165, 1.54) is 11.4 Å². The first-order valence-corrected chi connectivity index (χ1v) is 9.90. The number of fused-ring (bicyclic) bond motifs is 1. The summed E-state index contributed by atoms with van der Waals surface area (Å²) in [5, 5.41) is 0. The lowest BCUT2D eigenvalue weighted by Gasteiger charge is -2.24. The molecule has 1 saturated heterocycles. The average molecular weight is 364 g/mol. The van der Waals surface area contributed by atoms with Gasteiger partial charge >= 0.3 is 0 Å². The highest BCUT2D eigenvalue weighted by atomic mass is 16.2. The van der Waals surface area contributed by atoms with Crippen molar-refractivity contribution in [1.29, 1.82) is 0 Å². The molecule has 5 nitrogen and oxygen atoms in total. The number of hydrogen-bond donors (Lipinski definition) is 0. The zero-order valence-electron chi connectivity index (χ0n) is 16.5. The lowest BCUT2D eigenvalue weighted by molar-refractivity contribution is -0.132. The molecule has 142 valence electrons. The highest BCUT2D eigenvalue weighted by Gasteiger charge is 2.32. The summed E-state index contributed by atoms with van der Waals surface area (Å²) in [6.45, 7) is 5.99. The van der Waals surface area contributed by atoms with Crippen LogP contribution in [0.3, 0.4) is 0 Å². The topological polar surface area (TPSA) is 43.1 Å². The predicted octanol–water partition coefficient (Wildman–Crippen LogP) is 4.14. The molecule has 0 spiro atoms. The Balaban J connectivity index is 1.46. The number of carbonyl (C=O) groups excluding carboxylic acids is 1. The number of rotatable bonds is 5. The Morgan fingerprint density at radius 1 is 1.15 bits per heavy atom. The van der Waals surface area contributed by atoms with Gasteiger partial charge in [-0.3, -0.25) is 4.79 Å². The Morgan fingerprint density at radius 3 is 2.63 bits per heavy atom. The highest BCUT2D eigenvalue weighted by molar-refractivity contribution is 5.78. The molecule has 1 aliphatic heterocycles. The molecule has 3 aromatic rings. The zero-order valence-corrected chi connectivity index (χ0v) is 16.5.